The lowest BCUT2D eigenvalue weighted by Gasteiger charge is -2.35. The van der Waals surface area contributed by atoms with Gasteiger partial charge < -0.3 is 14.9 Å². The molecule has 0 atom stereocenters. The molecule has 2 N–H and O–H groups in total. The molecule has 32 heavy (non-hydrogen) atoms. The zero-order valence-corrected chi connectivity index (χ0v) is 18.6. The van der Waals surface area contributed by atoms with Crippen molar-refractivity contribution in [2.75, 3.05) is 27.2 Å². The molecule has 0 aliphatic carbocycles. The third-order valence-corrected chi connectivity index (χ3v) is 6.63. The summed E-state index contributed by atoms with van der Waals surface area (Å²) in [6.45, 7) is 3.28. The lowest BCUT2D eigenvalue weighted by molar-refractivity contribution is 0.139. The molecule has 1 aliphatic rings. The monoisotopic (exact) mass is 427 g/mol. The van der Waals surface area contributed by atoms with Crippen LogP contribution in [0.25, 0.3) is 21.8 Å². The van der Waals surface area contributed by atoms with Gasteiger partial charge in [-0.3, -0.25) is 14.7 Å². The van der Waals surface area contributed by atoms with Crippen molar-refractivity contribution in [3.8, 4) is 0 Å². The van der Waals surface area contributed by atoms with Crippen molar-refractivity contribution in [1.29, 1.82) is 0 Å². The van der Waals surface area contributed by atoms with Gasteiger partial charge in [-0.2, -0.15) is 0 Å². The van der Waals surface area contributed by atoms with Crippen LogP contribution in [0, 0.1) is 0 Å². The second-order valence-corrected chi connectivity index (χ2v) is 8.86. The van der Waals surface area contributed by atoms with Crippen LogP contribution in [0.1, 0.15) is 24.0 Å². The van der Waals surface area contributed by atoms with E-state index in [0.29, 0.717) is 11.6 Å². The summed E-state index contributed by atoms with van der Waals surface area (Å²) in [5.41, 5.74) is 4.43. The standard InChI is InChI=1S/C26H29N5O/c1-30-14-11-20(12-15-30)31(2)17-18-5-7-19(8-6-18)28-16-22-25-21-4-3-13-27-23(21)9-10-24(25)29-26(22)32/h3-10,13,16,20,27H,11-12,14-15,17H2,1-2H3,(H,29,32). The number of hydrogen-bond donors (Lipinski definition) is 2. The molecule has 6 nitrogen and oxygen atoms in total. The maximum atomic E-state index is 12.6. The van der Waals surface area contributed by atoms with Crippen LogP contribution in [0.15, 0.2) is 64.5 Å². The third-order valence-electron chi connectivity index (χ3n) is 6.63. The van der Waals surface area contributed by atoms with Crippen LogP contribution in [-0.2, 0) is 6.54 Å². The van der Waals surface area contributed by atoms with E-state index in [0.717, 1.165) is 34.0 Å². The van der Waals surface area contributed by atoms with E-state index in [2.05, 4.69) is 51.0 Å². The number of hydrogen-bond acceptors (Lipinski definition) is 4. The van der Waals surface area contributed by atoms with Crippen LogP contribution in [0.2, 0.25) is 0 Å². The molecule has 0 spiro atoms. The molecule has 0 bridgehead atoms. The predicted octanol–water partition coefficient (Wildman–Crippen LogP) is 4.29. The van der Waals surface area contributed by atoms with Crippen LogP contribution in [-0.4, -0.2) is 59.2 Å². The summed E-state index contributed by atoms with van der Waals surface area (Å²) in [6.07, 6.45) is 6.03. The zero-order valence-electron chi connectivity index (χ0n) is 18.6. The Balaban J connectivity index is 1.34. The number of aromatic nitrogens is 2. The number of pyridine rings is 1. The molecule has 4 aromatic rings. The van der Waals surface area contributed by atoms with Crippen molar-refractivity contribution < 1.29 is 0 Å². The SMILES string of the molecule is CN1CCC(N(C)Cc2ccc(N=Cc3c(=O)[nH]c4ccc5[nH]cccc5c34)cc2)CC1. The number of piperidine rings is 1. The number of H-pyrrole nitrogens is 2. The van der Waals surface area contributed by atoms with Crippen molar-refractivity contribution in [3.05, 3.63) is 76.2 Å². The van der Waals surface area contributed by atoms with Crippen molar-refractivity contribution in [2.45, 2.75) is 25.4 Å². The van der Waals surface area contributed by atoms with Gasteiger partial charge in [0, 0.05) is 46.8 Å². The highest BCUT2D eigenvalue weighted by molar-refractivity contribution is 6.13. The van der Waals surface area contributed by atoms with Crippen LogP contribution in [0.3, 0.4) is 0 Å². The van der Waals surface area contributed by atoms with Gasteiger partial charge in [-0.1, -0.05) is 18.2 Å². The highest BCUT2D eigenvalue weighted by atomic mass is 16.1. The summed E-state index contributed by atoms with van der Waals surface area (Å²) in [4.78, 5) is 28.2. The Morgan fingerprint density at radius 2 is 1.84 bits per heavy atom. The van der Waals surface area contributed by atoms with Crippen molar-refractivity contribution in [2.24, 2.45) is 4.99 Å². The maximum absolute atomic E-state index is 12.6. The number of aromatic amines is 2. The summed E-state index contributed by atoms with van der Waals surface area (Å²) in [7, 11) is 4.42. The molecular weight excluding hydrogens is 398 g/mol. The minimum absolute atomic E-state index is 0.114. The summed E-state index contributed by atoms with van der Waals surface area (Å²) < 4.78 is 0. The number of rotatable bonds is 5. The van der Waals surface area contributed by atoms with Crippen LogP contribution in [0.4, 0.5) is 5.69 Å². The van der Waals surface area contributed by atoms with E-state index in [1.807, 2.05) is 42.6 Å². The Kier molecular flexibility index (Phi) is 5.64. The molecule has 1 aliphatic heterocycles. The number of nitrogens with one attached hydrogen (secondary N) is 2. The molecule has 2 aromatic carbocycles. The molecule has 1 fully saturated rings. The summed E-state index contributed by atoms with van der Waals surface area (Å²) in [5.74, 6) is 0. The lowest BCUT2D eigenvalue weighted by Crippen LogP contribution is -2.41. The fourth-order valence-corrected chi connectivity index (χ4v) is 4.70. The average molecular weight is 428 g/mol. The van der Waals surface area contributed by atoms with E-state index >= 15 is 0 Å². The van der Waals surface area contributed by atoms with Crippen LogP contribution in [0.5, 0.6) is 0 Å². The summed E-state index contributed by atoms with van der Waals surface area (Å²) in [5, 5.41) is 1.92. The third kappa shape index (κ3) is 4.11. The number of benzene rings is 2. The Hall–Kier alpha value is -3.22. The Labute approximate surface area is 187 Å². The molecule has 1 saturated heterocycles. The molecule has 0 amide bonds. The van der Waals surface area contributed by atoms with Gasteiger partial charge in [-0.15, -0.1) is 0 Å². The lowest BCUT2D eigenvalue weighted by atomic mass is 10.0. The Bertz CT molecular complexity index is 1310. The van der Waals surface area contributed by atoms with Crippen LogP contribution < -0.4 is 5.56 Å². The fraction of sp³-hybridized carbons (Fsp3) is 0.308. The molecule has 5 rings (SSSR count). The van der Waals surface area contributed by atoms with Gasteiger partial charge in [0.2, 0.25) is 0 Å². The summed E-state index contributed by atoms with van der Waals surface area (Å²) in [6, 6.07) is 16.9. The normalized spacial score (nSPS) is 16.1. The van der Waals surface area contributed by atoms with E-state index < -0.39 is 0 Å². The largest absolute Gasteiger partial charge is 0.361 e. The van der Waals surface area contributed by atoms with Crippen molar-refractivity contribution >= 4 is 33.7 Å². The van der Waals surface area contributed by atoms with Gasteiger partial charge >= 0.3 is 0 Å². The topological polar surface area (TPSA) is 67.5 Å². The highest BCUT2D eigenvalue weighted by Gasteiger charge is 2.20. The van der Waals surface area contributed by atoms with Crippen molar-refractivity contribution in [3.63, 3.8) is 0 Å². The molecule has 0 unspecified atom stereocenters. The molecule has 6 heteroatoms. The molecule has 164 valence electrons. The van der Waals surface area contributed by atoms with Gasteiger partial charge in [0.1, 0.15) is 0 Å². The average Bonchev–Trinajstić information content (AvgIpc) is 3.14. The van der Waals surface area contributed by atoms with E-state index in [1.165, 1.54) is 31.5 Å². The Morgan fingerprint density at radius 1 is 1.09 bits per heavy atom. The predicted molar refractivity (Wildman–Crippen MR) is 132 cm³/mol. The second-order valence-electron chi connectivity index (χ2n) is 8.86. The first-order chi connectivity index (χ1) is 15.6. The van der Waals surface area contributed by atoms with Gasteiger partial charge in [-0.25, -0.2) is 0 Å². The van der Waals surface area contributed by atoms with Gasteiger partial charge in [0.15, 0.2) is 0 Å². The minimum Gasteiger partial charge on any atom is -0.361 e. The number of fused-ring (bicyclic) bond motifs is 3. The fourth-order valence-electron chi connectivity index (χ4n) is 4.70. The molecule has 0 radical (unpaired) electrons. The van der Waals surface area contributed by atoms with E-state index in [9.17, 15) is 4.79 Å². The van der Waals surface area contributed by atoms with E-state index in [-0.39, 0.29) is 5.56 Å². The van der Waals surface area contributed by atoms with Gasteiger partial charge in [-0.05, 0) is 75.9 Å². The molecule has 3 heterocycles. The minimum atomic E-state index is -0.114. The number of nitrogens with zero attached hydrogens (tertiary/aromatic N) is 3. The Morgan fingerprint density at radius 3 is 2.62 bits per heavy atom. The molecule has 0 saturated carbocycles. The van der Waals surface area contributed by atoms with Crippen molar-refractivity contribution in [1.82, 2.24) is 19.8 Å². The smallest absolute Gasteiger partial charge is 0.257 e. The zero-order chi connectivity index (χ0) is 22.1. The number of aliphatic imine (C=N–C) groups is 1. The quantitative estimate of drug-likeness (QED) is 0.467. The van der Waals surface area contributed by atoms with E-state index in [4.69, 9.17) is 0 Å². The first kappa shape index (κ1) is 20.7. The van der Waals surface area contributed by atoms with Gasteiger partial charge in [0.25, 0.3) is 5.56 Å². The molecule has 2 aromatic heterocycles. The summed E-state index contributed by atoms with van der Waals surface area (Å²) >= 11 is 0. The maximum Gasteiger partial charge on any atom is 0.257 e. The first-order valence-electron chi connectivity index (χ1n) is 11.2. The number of likely N-dealkylation sites (tertiary alicyclic amines) is 1. The first-order valence-corrected chi connectivity index (χ1v) is 11.2. The molecular formula is C26H29N5O. The van der Waals surface area contributed by atoms with Gasteiger partial charge in [0.05, 0.1) is 11.3 Å². The van der Waals surface area contributed by atoms with Crippen LogP contribution >= 0.6 is 0 Å². The van der Waals surface area contributed by atoms with E-state index in [1.54, 1.807) is 6.21 Å². The second kappa shape index (κ2) is 8.73. The highest BCUT2D eigenvalue weighted by Crippen LogP contribution is 2.25.